The minimum Gasteiger partial charge on any atom is -0.488 e. The van der Waals surface area contributed by atoms with E-state index in [1.165, 1.54) is 33.1 Å². The molecule has 1 N–H and O–H groups in total. The Morgan fingerprint density at radius 1 is 1.18 bits per heavy atom. The Labute approximate surface area is 260 Å². The molecule has 2 aliphatic rings. The lowest BCUT2D eigenvalue weighted by molar-refractivity contribution is 0.0290. The van der Waals surface area contributed by atoms with Gasteiger partial charge in [0.15, 0.2) is 5.82 Å². The van der Waals surface area contributed by atoms with Crippen molar-refractivity contribution in [3.8, 4) is 11.7 Å². The lowest BCUT2D eigenvalue weighted by atomic mass is 9.90. The summed E-state index contributed by atoms with van der Waals surface area (Å²) in [5.74, 6) is 0.323. The molecule has 4 heterocycles. The van der Waals surface area contributed by atoms with Gasteiger partial charge in [-0.2, -0.15) is 9.78 Å². The lowest BCUT2D eigenvalue weighted by Gasteiger charge is -2.38. The quantitative estimate of drug-likeness (QED) is 0.196. The molecule has 2 aromatic heterocycles. The molecule has 9 heteroatoms. The van der Waals surface area contributed by atoms with Crippen molar-refractivity contribution in [1.82, 2.24) is 19.7 Å². The summed E-state index contributed by atoms with van der Waals surface area (Å²) in [6, 6.07) is 10.7. The number of ether oxygens (including phenoxy) is 3. The smallest absolute Gasteiger partial charge is 0.342 e. The topological polar surface area (TPSA) is 98.9 Å². The van der Waals surface area contributed by atoms with Crippen LogP contribution in [0.3, 0.4) is 0 Å². The molecule has 0 atom stereocenters. The molecule has 0 spiro atoms. The van der Waals surface area contributed by atoms with E-state index >= 15 is 0 Å². The van der Waals surface area contributed by atoms with Crippen LogP contribution in [-0.4, -0.2) is 63.1 Å². The van der Waals surface area contributed by atoms with Crippen LogP contribution in [0.1, 0.15) is 85.3 Å². The van der Waals surface area contributed by atoms with Crippen LogP contribution in [0.2, 0.25) is 0 Å². The molecule has 234 valence electrons. The fourth-order valence-corrected chi connectivity index (χ4v) is 6.18. The van der Waals surface area contributed by atoms with E-state index in [2.05, 4.69) is 42.9 Å². The van der Waals surface area contributed by atoms with Crippen LogP contribution in [0.25, 0.3) is 11.4 Å². The molecule has 1 fully saturated rings. The third kappa shape index (κ3) is 6.59. The van der Waals surface area contributed by atoms with Crippen molar-refractivity contribution < 1.29 is 24.1 Å². The molecule has 0 radical (unpaired) electrons. The zero-order valence-electron chi connectivity index (χ0n) is 26.6. The van der Waals surface area contributed by atoms with Gasteiger partial charge in [0.05, 0.1) is 18.5 Å². The second-order valence-electron chi connectivity index (χ2n) is 11.4. The Kier molecular flexibility index (Phi) is 10.2. The van der Waals surface area contributed by atoms with Crippen LogP contribution < -0.4 is 4.74 Å². The zero-order valence-corrected chi connectivity index (χ0v) is 26.6. The number of aromatic nitrogens is 3. The average Bonchev–Trinajstić information content (AvgIpc) is 3.48. The van der Waals surface area contributed by atoms with Crippen molar-refractivity contribution in [2.75, 3.05) is 26.4 Å². The largest absolute Gasteiger partial charge is 0.488 e. The first kappa shape index (κ1) is 31.5. The van der Waals surface area contributed by atoms with Crippen molar-refractivity contribution in [3.05, 3.63) is 87.4 Å². The fraction of sp³-hybridized carbons (Fsp3) is 0.457. The van der Waals surface area contributed by atoms with E-state index in [0.29, 0.717) is 30.8 Å². The number of allylic oxidation sites excluding steroid dienone is 3. The van der Waals surface area contributed by atoms with Crippen molar-refractivity contribution in [2.24, 2.45) is 0 Å². The number of hydrogen-bond donors (Lipinski definition) is 1. The van der Waals surface area contributed by atoms with E-state index in [-0.39, 0.29) is 11.4 Å². The number of pyridine rings is 1. The highest BCUT2D eigenvalue weighted by atomic mass is 16.5. The van der Waals surface area contributed by atoms with Gasteiger partial charge in [-0.15, -0.1) is 0 Å². The molecular weight excluding hydrogens is 556 g/mol. The van der Waals surface area contributed by atoms with E-state index in [1.54, 1.807) is 13.0 Å². The van der Waals surface area contributed by atoms with Crippen LogP contribution >= 0.6 is 0 Å². The van der Waals surface area contributed by atoms with E-state index in [4.69, 9.17) is 19.2 Å². The average molecular weight is 601 g/mol. The van der Waals surface area contributed by atoms with Crippen LogP contribution in [0.15, 0.2) is 53.9 Å². The Hall–Kier alpha value is -3.95. The number of carboxylic acids is 1. The number of hydrogen-bond acceptors (Lipinski definition) is 7. The molecule has 0 aliphatic carbocycles. The summed E-state index contributed by atoms with van der Waals surface area (Å²) >= 11 is 0. The number of fused-ring (bicyclic) bond motifs is 1. The number of carbonyl (C=O) groups is 1. The second-order valence-corrected chi connectivity index (χ2v) is 11.4. The number of benzene rings is 1. The third-order valence-electron chi connectivity index (χ3n) is 8.82. The second kappa shape index (κ2) is 14.2. The maximum atomic E-state index is 11.7. The van der Waals surface area contributed by atoms with Gasteiger partial charge in [-0.3, -0.25) is 4.90 Å². The Morgan fingerprint density at radius 3 is 2.68 bits per heavy atom. The van der Waals surface area contributed by atoms with Crippen molar-refractivity contribution >= 4 is 11.5 Å². The number of nitrogens with zero attached hydrogens (tertiary/aromatic N) is 4. The van der Waals surface area contributed by atoms with E-state index in [1.807, 2.05) is 25.1 Å². The molecule has 0 unspecified atom stereocenters. The van der Waals surface area contributed by atoms with Gasteiger partial charge < -0.3 is 19.3 Å². The van der Waals surface area contributed by atoms with Gasteiger partial charge in [-0.1, -0.05) is 31.2 Å². The van der Waals surface area contributed by atoms with Crippen molar-refractivity contribution in [2.45, 2.75) is 79.5 Å². The SMILES string of the molecule is C/C=C(\C(OCc1ccc2c(c1C)CCN(C1CCOCC1)C2)=C(\C)CC)c1cccc(-n2ncc(C(=O)O)c2OCC)n1. The predicted octanol–water partition coefficient (Wildman–Crippen LogP) is 6.51. The van der Waals surface area contributed by atoms with Gasteiger partial charge in [-0.05, 0) is 93.3 Å². The molecule has 0 amide bonds. The standard InChI is InChI=1S/C35H44N4O5/c1-6-23(4)33(28(7-2)31-10-9-11-32(37-31)39-34(43-8-3)30(20-36-39)35(40)41)44-22-26-13-12-25-21-38(17-14-29(25)24(26)5)27-15-18-42-19-16-27/h7,9-13,20,27H,6,8,14-19,21-22H2,1-5H3,(H,40,41)/b28-7-,33-23+. The minimum atomic E-state index is -1.10. The zero-order chi connectivity index (χ0) is 31.2. The van der Waals surface area contributed by atoms with E-state index in [9.17, 15) is 9.90 Å². The molecule has 0 bridgehead atoms. The summed E-state index contributed by atoms with van der Waals surface area (Å²) in [4.78, 5) is 19.2. The maximum Gasteiger partial charge on any atom is 0.342 e. The number of rotatable bonds is 11. The lowest BCUT2D eigenvalue weighted by Crippen LogP contribution is -2.42. The van der Waals surface area contributed by atoms with Gasteiger partial charge in [0, 0.05) is 37.9 Å². The molecule has 5 rings (SSSR count). The molecule has 44 heavy (non-hydrogen) atoms. The highest BCUT2D eigenvalue weighted by Crippen LogP contribution is 2.32. The summed E-state index contributed by atoms with van der Waals surface area (Å²) in [7, 11) is 0. The Morgan fingerprint density at radius 2 is 1.98 bits per heavy atom. The molecule has 0 saturated carbocycles. The number of carboxylic acid groups (broad SMARTS) is 1. The normalized spacial score (nSPS) is 16.8. The molecule has 9 nitrogen and oxygen atoms in total. The summed E-state index contributed by atoms with van der Waals surface area (Å²) in [5, 5.41) is 13.9. The number of aromatic carboxylic acids is 1. The molecule has 1 saturated heterocycles. The van der Waals surface area contributed by atoms with Gasteiger partial charge in [0.2, 0.25) is 5.88 Å². The monoisotopic (exact) mass is 600 g/mol. The van der Waals surface area contributed by atoms with Gasteiger partial charge >= 0.3 is 5.97 Å². The molecule has 2 aliphatic heterocycles. The molecular formula is C35H44N4O5. The molecule has 1 aromatic carbocycles. The van der Waals surface area contributed by atoms with E-state index in [0.717, 1.165) is 68.9 Å². The van der Waals surface area contributed by atoms with Crippen LogP contribution in [0.5, 0.6) is 5.88 Å². The fourth-order valence-electron chi connectivity index (χ4n) is 6.18. The predicted molar refractivity (Wildman–Crippen MR) is 170 cm³/mol. The first-order chi connectivity index (χ1) is 21.4. The third-order valence-corrected chi connectivity index (χ3v) is 8.82. The van der Waals surface area contributed by atoms with Crippen molar-refractivity contribution in [1.29, 1.82) is 0 Å². The minimum absolute atomic E-state index is 0.00669. The van der Waals surface area contributed by atoms with Crippen LogP contribution in [0.4, 0.5) is 0 Å². The maximum absolute atomic E-state index is 11.7. The summed E-state index contributed by atoms with van der Waals surface area (Å²) in [6.45, 7) is 14.8. The van der Waals surface area contributed by atoms with E-state index < -0.39 is 5.97 Å². The first-order valence-electron chi connectivity index (χ1n) is 15.7. The first-order valence-corrected chi connectivity index (χ1v) is 15.7. The van der Waals surface area contributed by atoms with Gasteiger partial charge in [0.25, 0.3) is 0 Å². The van der Waals surface area contributed by atoms with Crippen LogP contribution in [0, 0.1) is 6.92 Å². The Balaban J connectivity index is 1.38. The molecule has 3 aromatic rings. The Bertz CT molecular complexity index is 1550. The highest BCUT2D eigenvalue weighted by molar-refractivity contribution is 5.90. The van der Waals surface area contributed by atoms with Crippen LogP contribution in [-0.2, 0) is 29.0 Å². The van der Waals surface area contributed by atoms with Crippen molar-refractivity contribution in [3.63, 3.8) is 0 Å². The van der Waals surface area contributed by atoms with Gasteiger partial charge in [-0.25, -0.2) is 9.78 Å². The van der Waals surface area contributed by atoms with Gasteiger partial charge in [0.1, 0.15) is 17.9 Å². The summed E-state index contributed by atoms with van der Waals surface area (Å²) in [6.07, 6.45) is 7.43. The summed E-state index contributed by atoms with van der Waals surface area (Å²) < 4.78 is 19.3. The summed E-state index contributed by atoms with van der Waals surface area (Å²) in [5.41, 5.74) is 8.09. The highest BCUT2D eigenvalue weighted by Gasteiger charge is 2.27.